The van der Waals surface area contributed by atoms with E-state index in [1.807, 2.05) is 35.2 Å². The van der Waals surface area contributed by atoms with E-state index in [1.165, 1.54) is 6.33 Å². The van der Waals surface area contributed by atoms with Gasteiger partial charge in [-0.1, -0.05) is 37.3 Å². The standard InChI is InChI=1S/C16H22N6O/c1-2-20-8-10-21(11-9-20)16(23)15(22-13-17-18-19-22)12-14-6-4-3-5-7-14/h3-7,13,15H,2,8-12H2,1H3. The molecule has 0 saturated carbocycles. The Hall–Kier alpha value is -2.28. The minimum Gasteiger partial charge on any atom is -0.338 e. The number of rotatable bonds is 5. The molecule has 1 aliphatic heterocycles. The SMILES string of the molecule is CCN1CCN(C(=O)C(Cc2ccccc2)n2cnnn2)CC1. The fourth-order valence-electron chi connectivity index (χ4n) is 2.94. The molecule has 1 unspecified atom stereocenters. The number of benzene rings is 1. The Balaban J connectivity index is 1.74. The highest BCUT2D eigenvalue weighted by molar-refractivity contribution is 5.80. The fourth-order valence-corrected chi connectivity index (χ4v) is 2.94. The van der Waals surface area contributed by atoms with Crippen LogP contribution in [0.4, 0.5) is 0 Å². The predicted molar refractivity (Wildman–Crippen MR) is 85.7 cm³/mol. The van der Waals surface area contributed by atoms with Crippen LogP contribution in [-0.4, -0.2) is 68.6 Å². The van der Waals surface area contributed by atoms with Crippen molar-refractivity contribution in [2.75, 3.05) is 32.7 Å². The molecule has 0 bridgehead atoms. The first kappa shape index (κ1) is 15.6. The normalized spacial score (nSPS) is 17.2. The molecule has 7 nitrogen and oxygen atoms in total. The molecule has 2 heterocycles. The van der Waals surface area contributed by atoms with Crippen LogP contribution in [-0.2, 0) is 11.2 Å². The largest absolute Gasteiger partial charge is 0.338 e. The number of nitrogens with zero attached hydrogens (tertiary/aromatic N) is 6. The second-order valence-electron chi connectivity index (χ2n) is 5.75. The molecule has 1 aliphatic rings. The van der Waals surface area contributed by atoms with E-state index in [4.69, 9.17) is 0 Å². The molecule has 0 spiro atoms. The molecule has 1 atom stereocenters. The van der Waals surface area contributed by atoms with E-state index in [0.29, 0.717) is 6.42 Å². The number of carbonyl (C=O) groups is 1. The summed E-state index contributed by atoms with van der Waals surface area (Å²) in [6.45, 7) is 6.56. The summed E-state index contributed by atoms with van der Waals surface area (Å²) in [6, 6.07) is 9.61. The van der Waals surface area contributed by atoms with E-state index in [0.717, 1.165) is 38.3 Å². The zero-order valence-corrected chi connectivity index (χ0v) is 13.4. The summed E-state index contributed by atoms with van der Waals surface area (Å²) >= 11 is 0. The van der Waals surface area contributed by atoms with Crippen molar-refractivity contribution >= 4 is 5.91 Å². The molecule has 7 heteroatoms. The van der Waals surface area contributed by atoms with Crippen LogP contribution >= 0.6 is 0 Å². The molecular formula is C16H22N6O. The van der Waals surface area contributed by atoms with Crippen molar-refractivity contribution < 1.29 is 4.79 Å². The molecule has 1 saturated heterocycles. The second-order valence-corrected chi connectivity index (χ2v) is 5.75. The van der Waals surface area contributed by atoms with Crippen LogP contribution in [0.3, 0.4) is 0 Å². The third-order valence-corrected chi connectivity index (χ3v) is 4.37. The summed E-state index contributed by atoms with van der Waals surface area (Å²) in [5, 5.41) is 11.3. The molecule has 122 valence electrons. The number of hydrogen-bond donors (Lipinski definition) is 0. The summed E-state index contributed by atoms with van der Waals surface area (Å²) in [4.78, 5) is 17.3. The van der Waals surface area contributed by atoms with Gasteiger partial charge in [-0.25, -0.2) is 4.68 Å². The lowest BCUT2D eigenvalue weighted by Crippen LogP contribution is -2.50. The second kappa shape index (κ2) is 7.32. The van der Waals surface area contributed by atoms with E-state index >= 15 is 0 Å². The fraction of sp³-hybridized carbons (Fsp3) is 0.500. The highest BCUT2D eigenvalue weighted by Gasteiger charge is 2.29. The average Bonchev–Trinajstić information content (AvgIpc) is 3.14. The van der Waals surface area contributed by atoms with E-state index in [1.54, 1.807) is 4.68 Å². The molecule has 1 aromatic carbocycles. The maximum absolute atomic E-state index is 13.0. The van der Waals surface area contributed by atoms with Crippen molar-refractivity contribution in [2.45, 2.75) is 19.4 Å². The van der Waals surface area contributed by atoms with Gasteiger partial charge in [0.15, 0.2) is 0 Å². The van der Waals surface area contributed by atoms with Gasteiger partial charge in [0.05, 0.1) is 0 Å². The number of amides is 1. The molecule has 1 fully saturated rings. The molecule has 1 aromatic heterocycles. The zero-order valence-electron chi connectivity index (χ0n) is 13.4. The van der Waals surface area contributed by atoms with E-state index in [2.05, 4.69) is 27.3 Å². The van der Waals surface area contributed by atoms with E-state index in [-0.39, 0.29) is 11.9 Å². The van der Waals surface area contributed by atoms with Gasteiger partial charge < -0.3 is 9.80 Å². The summed E-state index contributed by atoms with van der Waals surface area (Å²) in [5.41, 5.74) is 1.11. The number of likely N-dealkylation sites (N-methyl/N-ethyl adjacent to an activating group) is 1. The van der Waals surface area contributed by atoms with Crippen LogP contribution < -0.4 is 0 Å². The highest BCUT2D eigenvalue weighted by Crippen LogP contribution is 2.17. The molecular weight excluding hydrogens is 292 g/mol. The zero-order chi connectivity index (χ0) is 16.1. The van der Waals surface area contributed by atoms with Crippen LogP contribution in [0.15, 0.2) is 36.7 Å². The van der Waals surface area contributed by atoms with Crippen molar-refractivity contribution in [1.29, 1.82) is 0 Å². The summed E-state index contributed by atoms with van der Waals surface area (Å²) in [7, 11) is 0. The third-order valence-electron chi connectivity index (χ3n) is 4.37. The van der Waals surface area contributed by atoms with Gasteiger partial charge in [0.2, 0.25) is 5.91 Å². The lowest BCUT2D eigenvalue weighted by molar-refractivity contribution is -0.136. The number of aromatic nitrogens is 4. The molecule has 0 aliphatic carbocycles. The van der Waals surface area contributed by atoms with Crippen LogP contribution in [0.25, 0.3) is 0 Å². The minimum absolute atomic E-state index is 0.0944. The molecule has 2 aromatic rings. The van der Waals surface area contributed by atoms with Gasteiger partial charge in [-0.2, -0.15) is 0 Å². The van der Waals surface area contributed by atoms with Crippen LogP contribution in [0, 0.1) is 0 Å². The molecule has 1 amide bonds. The quantitative estimate of drug-likeness (QED) is 0.809. The Morgan fingerprint density at radius 2 is 1.91 bits per heavy atom. The van der Waals surface area contributed by atoms with Gasteiger partial charge >= 0.3 is 0 Å². The van der Waals surface area contributed by atoms with Crippen molar-refractivity contribution in [1.82, 2.24) is 30.0 Å². The van der Waals surface area contributed by atoms with E-state index in [9.17, 15) is 4.79 Å². The Morgan fingerprint density at radius 3 is 2.52 bits per heavy atom. The van der Waals surface area contributed by atoms with E-state index < -0.39 is 0 Å². The van der Waals surface area contributed by atoms with Crippen molar-refractivity contribution in [3.05, 3.63) is 42.2 Å². The Bertz CT molecular complexity index is 607. The molecule has 23 heavy (non-hydrogen) atoms. The first-order valence-electron chi connectivity index (χ1n) is 8.05. The molecule has 3 rings (SSSR count). The van der Waals surface area contributed by atoms with Crippen LogP contribution in [0.1, 0.15) is 18.5 Å². The first-order valence-corrected chi connectivity index (χ1v) is 8.05. The third kappa shape index (κ3) is 3.73. The van der Waals surface area contributed by atoms with Crippen LogP contribution in [0.5, 0.6) is 0 Å². The van der Waals surface area contributed by atoms with Crippen LogP contribution in [0.2, 0.25) is 0 Å². The first-order chi connectivity index (χ1) is 11.3. The Labute approximate surface area is 135 Å². The number of carbonyl (C=O) groups excluding carboxylic acids is 1. The number of tetrazole rings is 1. The monoisotopic (exact) mass is 314 g/mol. The lowest BCUT2D eigenvalue weighted by Gasteiger charge is -2.35. The maximum Gasteiger partial charge on any atom is 0.248 e. The highest BCUT2D eigenvalue weighted by atomic mass is 16.2. The maximum atomic E-state index is 13.0. The number of hydrogen-bond acceptors (Lipinski definition) is 5. The van der Waals surface area contributed by atoms with Gasteiger partial charge in [-0.05, 0) is 22.5 Å². The summed E-state index contributed by atoms with van der Waals surface area (Å²) in [6.07, 6.45) is 2.12. The average molecular weight is 314 g/mol. The van der Waals surface area contributed by atoms with Gasteiger partial charge in [-0.3, -0.25) is 4.79 Å². The smallest absolute Gasteiger partial charge is 0.248 e. The predicted octanol–water partition coefficient (Wildman–Crippen LogP) is 0.621. The van der Waals surface area contributed by atoms with Crippen molar-refractivity contribution in [3.63, 3.8) is 0 Å². The van der Waals surface area contributed by atoms with Gasteiger partial charge in [-0.15, -0.1) is 5.10 Å². The number of piperazine rings is 1. The van der Waals surface area contributed by atoms with Gasteiger partial charge in [0.25, 0.3) is 0 Å². The molecule has 0 radical (unpaired) electrons. The lowest BCUT2D eigenvalue weighted by atomic mass is 10.0. The Morgan fingerprint density at radius 1 is 1.17 bits per heavy atom. The minimum atomic E-state index is -0.388. The Kier molecular flexibility index (Phi) is 4.97. The summed E-state index contributed by atoms with van der Waals surface area (Å²) < 4.78 is 1.57. The van der Waals surface area contributed by atoms with Gasteiger partial charge in [0, 0.05) is 32.6 Å². The van der Waals surface area contributed by atoms with Gasteiger partial charge in [0.1, 0.15) is 12.4 Å². The molecule has 0 N–H and O–H groups in total. The van der Waals surface area contributed by atoms with Crippen molar-refractivity contribution in [3.8, 4) is 0 Å². The van der Waals surface area contributed by atoms with Crippen molar-refractivity contribution in [2.24, 2.45) is 0 Å². The summed E-state index contributed by atoms with van der Waals surface area (Å²) in [5.74, 6) is 0.0944. The topological polar surface area (TPSA) is 67.2 Å².